The molecule has 0 unspecified atom stereocenters. The summed E-state index contributed by atoms with van der Waals surface area (Å²) in [6, 6.07) is 9.53. The monoisotopic (exact) mass is 376 g/mol. The number of benzene rings is 1. The van der Waals surface area contributed by atoms with E-state index in [-0.39, 0.29) is 18.5 Å². The molecule has 1 fully saturated rings. The molecule has 0 saturated carbocycles. The highest BCUT2D eigenvalue weighted by atomic mass is 32.2. The SMILES string of the molecule is Cc1c(C(=O)N2CCCC[C@@H]2CNS(C)(=O)=O)cnn1-c1ccccc1. The van der Waals surface area contributed by atoms with Crippen LogP contribution in [0.1, 0.15) is 35.3 Å². The van der Waals surface area contributed by atoms with Crippen molar-refractivity contribution in [1.29, 1.82) is 0 Å². The molecular weight excluding hydrogens is 352 g/mol. The molecule has 2 aromatic rings. The first-order valence-electron chi connectivity index (χ1n) is 8.72. The normalized spacial score (nSPS) is 18.1. The van der Waals surface area contributed by atoms with E-state index < -0.39 is 10.0 Å². The predicted molar refractivity (Wildman–Crippen MR) is 99.8 cm³/mol. The zero-order chi connectivity index (χ0) is 18.7. The molecule has 26 heavy (non-hydrogen) atoms. The third kappa shape index (κ3) is 4.13. The molecule has 1 aromatic heterocycles. The number of carbonyl (C=O) groups is 1. The molecule has 1 aliphatic heterocycles. The van der Waals surface area contributed by atoms with Crippen molar-refractivity contribution in [3.05, 3.63) is 47.8 Å². The molecule has 1 amide bonds. The van der Waals surface area contributed by atoms with Gasteiger partial charge in [0, 0.05) is 19.1 Å². The van der Waals surface area contributed by atoms with Crippen LogP contribution in [0.25, 0.3) is 5.69 Å². The Morgan fingerprint density at radius 2 is 2.00 bits per heavy atom. The van der Waals surface area contributed by atoms with Crippen LogP contribution >= 0.6 is 0 Å². The lowest BCUT2D eigenvalue weighted by Gasteiger charge is -2.35. The molecule has 7 nitrogen and oxygen atoms in total. The molecule has 0 radical (unpaired) electrons. The zero-order valence-electron chi connectivity index (χ0n) is 15.1. The van der Waals surface area contributed by atoms with E-state index in [1.54, 1.807) is 15.8 Å². The minimum Gasteiger partial charge on any atom is -0.334 e. The molecule has 2 heterocycles. The number of nitrogens with zero attached hydrogens (tertiary/aromatic N) is 3. The Kier molecular flexibility index (Phi) is 5.43. The molecule has 1 N–H and O–H groups in total. The van der Waals surface area contributed by atoms with Crippen molar-refractivity contribution < 1.29 is 13.2 Å². The summed E-state index contributed by atoms with van der Waals surface area (Å²) in [5.41, 5.74) is 2.24. The maximum absolute atomic E-state index is 13.1. The topological polar surface area (TPSA) is 84.3 Å². The minimum absolute atomic E-state index is 0.0929. The fourth-order valence-corrected chi connectivity index (χ4v) is 3.83. The minimum atomic E-state index is -3.28. The number of hydrogen-bond acceptors (Lipinski definition) is 4. The summed E-state index contributed by atoms with van der Waals surface area (Å²) in [6.45, 7) is 2.75. The number of carbonyl (C=O) groups excluding carboxylic acids is 1. The second-order valence-electron chi connectivity index (χ2n) is 6.66. The summed E-state index contributed by atoms with van der Waals surface area (Å²) < 4.78 is 27.1. The molecular formula is C18H24N4O3S. The lowest BCUT2D eigenvalue weighted by atomic mass is 10.0. The van der Waals surface area contributed by atoms with E-state index in [1.807, 2.05) is 37.3 Å². The Balaban J connectivity index is 1.82. The number of sulfonamides is 1. The van der Waals surface area contributed by atoms with Crippen molar-refractivity contribution in [2.75, 3.05) is 19.3 Å². The highest BCUT2D eigenvalue weighted by Gasteiger charge is 2.30. The van der Waals surface area contributed by atoms with Gasteiger partial charge in [0.2, 0.25) is 10.0 Å². The van der Waals surface area contributed by atoms with E-state index in [9.17, 15) is 13.2 Å². The predicted octanol–water partition coefficient (Wildman–Crippen LogP) is 1.72. The van der Waals surface area contributed by atoms with Crippen LogP contribution in [-0.2, 0) is 10.0 Å². The molecule has 1 aromatic carbocycles. The summed E-state index contributed by atoms with van der Waals surface area (Å²) in [7, 11) is -3.28. The summed E-state index contributed by atoms with van der Waals surface area (Å²) in [6.07, 6.45) is 5.44. The van der Waals surface area contributed by atoms with Crippen LogP contribution < -0.4 is 4.72 Å². The number of nitrogens with one attached hydrogen (secondary N) is 1. The largest absolute Gasteiger partial charge is 0.334 e. The molecule has 3 rings (SSSR count). The molecule has 140 valence electrons. The summed E-state index contributed by atoms with van der Waals surface area (Å²) in [5.74, 6) is -0.0929. The molecule has 1 aliphatic rings. The Morgan fingerprint density at radius 3 is 2.69 bits per heavy atom. The van der Waals surface area contributed by atoms with Crippen molar-refractivity contribution in [3.63, 3.8) is 0 Å². The fraction of sp³-hybridized carbons (Fsp3) is 0.444. The van der Waals surface area contributed by atoms with Gasteiger partial charge in [-0.2, -0.15) is 5.10 Å². The second kappa shape index (κ2) is 7.59. The number of likely N-dealkylation sites (tertiary alicyclic amines) is 1. The van der Waals surface area contributed by atoms with Crippen LogP contribution in [0.2, 0.25) is 0 Å². The molecule has 1 saturated heterocycles. The lowest BCUT2D eigenvalue weighted by molar-refractivity contribution is 0.0618. The summed E-state index contributed by atoms with van der Waals surface area (Å²) in [4.78, 5) is 14.9. The van der Waals surface area contributed by atoms with E-state index in [0.29, 0.717) is 12.1 Å². The van der Waals surface area contributed by atoms with Crippen LogP contribution in [-0.4, -0.2) is 54.4 Å². The maximum Gasteiger partial charge on any atom is 0.257 e. The fourth-order valence-electron chi connectivity index (χ4n) is 3.33. The zero-order valence-corrected chi connectivity index (χ0v) is 15.9. The highest BCUT2D eigenvalue weighted by molar-refractivity contribution is 7.88. The Morgan fingerprint density at radius 1 is 1.27 bits per heavy atom. The number of para-hydroxylation sites is 1. The first-order chi connectivity index (χ1) is 12.4. The van der Waals surface area contributed by atoms with Gasteiger partial charge in [0.1, 0.15) is 0 Å². The average molecular weight is 376 g/mol. The van der Waals surface area contributed by atoms with Crippen molar-refractivity contribution >= 4 is 15.9 Å². The van der Waals surface area contributed by atoms with Gasteiger partial charge in [-0.1, -0.05) is 18.2 Å². The van der Waals surface area contributed by atoms with Crippen molar-refractivity contribution in [3.8, 4) is 5.69 Å². The molecule has 8 heteroatoms. The van der Waals surface area contributed by atoms with Gasteiger partial charge in [-0.05, 0) is 38.3 Å². The summed E-state index contributed by atoms with van der Waals surface area (Å²) in [5, 5.41) is 4.37. The van der Waals surface area contributed by atoms with E-state index >= 15 is 0 Å². The Bertz CT molecular complexity index is 877. The first-order valence-corrected chi connectivity index (χ1v) is 10.6. The first kappa shape index (κ1) is 18.6. The van der Waals surface area contributed by atoms with Crippen molar-refractivity contribution in [2.24, 2.45) is 0 Å². The van der Waals surface area contributed by atoms with Crippen LogP contribution in [0, 0.1) is 6.92 Å². The van der Waals surface area contributed by atoms with E-state index in [4.69, 9.17) is 0 Å². The highest BCUT2D eigenvalue weighted by Crippen LogP contribution is 2.22. The second-order valence-corrected chi connectivity index (χ2v) is 8.49. The quantitative estimate of drug-likeness (QED) is 0.861. The van der Waals surface area contributed by atoms with Gasteiger partial charge in [-0.15, -0.1) is 0 Å². The van der Waals surface area contributed by atoms with Gasteiger partial charge in [0.05, 0.1) is 29.4 Å². The number of aromatic nitrogens is 2. The number of amides is 1. The standard InChI is InChI=1S/C18H24N4O3S/c1-14-17(13-19-22(14)15-8-4-3-5-9-15)18(23)21-11-7-6-10-16(21)12-20-26(2,24)25/h3-5,8-9,13,16,20H,6-7,10-12H2,1-2H3/t16-/m1/s1. The van der Waals surface area contributed by atoms with Gasteiger partial charge < -0.3 is 4.90 Å². The summed E-state index contributed by atoms with van der Waals surface area (Å²) >= 11 is 0. The molecule has 1 atom stereocenters. The third-order valence-electron chi connectivity index (χ3n) is 4.71. The smallest absolute Gasteiger partial charge is 0.257 e. The van der Waals surface area contributed by atoms with Gasteiger partial charge in [0.25, 0.3) is 5.91 Å². The molecule has 0 bridgehead atoms. The van der Waals surface area contributed by atoms with Crippen molar-refractivity contribution in [1.82, 2.24) is 19.4 Å². The number of rotatable bonds is 5. The van der Waals surface area contributed by atoms with Crippen LogP contribution in [0.3, 0.4) is 0 Å². The Hall–Kier alpha value is -2.19. The van der Waals surface area contributed by atoms with Gasteiger partial charge in [0.15, 0.2) is 0 Å². The van der Waals surface area contributed by atoms with Crippen molar-refractivity contribution in [2.45, 2.75) is 32.2 Å². The van der Waals surface area contributed by atoms with E-state index in [0.717, 1.165) is 36.9 Å². The maximum atomic E-state index is 13.1. The average Bonchev–Trinajstić information content (AvgIpc) is 3.01. The van der Waals surface area contributed by atoms with Gasteiger partial charge >= 0.3 is 0 Å². The number of hydrogen-bond donors (Lipinski definition) is 1. The molecule has 0 aliphatic carbocycles. The van der Waals surface area contributed by atoms with E-state index in [1.165, 1.54) is 0 Å². The Labute approximate surface area is 154 Å². The lowest BCUT2D eigenvalue weighted by Crippen LogP contribution is -2.49. The van der Waals surface area contributed by atoms with Gasteiger partial charge in [-0.3, -0.25) is 4.79 Å². The van der Waals surface area contributed by atoms with Gasteiger partial charge in [-0.25, -0.2) is 17.8 Å². The van der Waals surface area contributed by atoms with Crippen LogP contribution in [0.4, 0.5) is 0 Å². The van der Waals surface area contributed by atoms with E-state index in [2.05, 4.69) is 9.82 Å². The number of piperidine rings is 1. The molecule has 0 spiro atoms. The van der Waals surface area contributed by atoms with Crippen LogP contribution in [0.5, 0.6) is 0 Å². The van der Waals surface area contributed by atoms with Crippen LogP contribution in [0.15, 0.2) is 36.5 Å². The third-order valence-corrected chi connectivity index (χ3v) is 5.40.